The topological polar surface area (TPSA) is 20.3 Å². The number of hydrogen-bond acceptors (Lipinski definition) is 1. The fourth-order valence-corrected chi connectivity index (χ4v) is 3.09. The van der Waals surface area contributed by atoms with Gasteiger partial charge in [-0.05, 0) is 31.4 Å². The third kappa shape index (κ3) is 3.08. The van der Waals surface area contributed by atoms with E-state index in [1.165, 1.54) is 0 Å². The summed E-state index contributed by atoms with van der Waals surface area (Å²) in [6, 6.07) is 1.75. The molecule has 19 heavy (non-hydrogen) atoms. The van der Waals surface area contributed by atoms with Gasteiger partial charge in [0.2, 0.25) is 0 Å². The second kappa shape index (κ2) is 6.18. The Kier molecular flexibility index (Phi) is 4.79. The van der Waals surface area contributed by atoms with E-state index in [0.717, 1.165) is 31.4 Å². The second-order valence-corrected chi connectivity index (χ2v) is 5.60. The Morgan fingerprint density at radius 1 is 1.37 bits per heavy atom. The zero-order valence-electron chi connectivity index (χ0n) is 10.1. The first-order valence-corrected chi connectivity index (χ1v) is 7.56. The Morgan fingerprint density at radius 3 is 2.79 bits per heavy atom. The molecule has 0 radical (unpaired) electrons. The third-order valence-electron chi connectivity index (χ3n) is 3.31. The summed E-state index contributed by atoms with van der Waals surface area (Å²) in [7, 11) is 0. The molecule has 1 atom stereocenters. The maximum Gasteiger partial charge on any atom is 0.257 e. The Bertz CT molecular complexity index is 498. The number of nitrogens with zero attached hydrogens (tertiary/aromatic N) is 1. The highest BCUT2D eigenvalue weighted by molar-refractivity contribution is 9.09. The molecule has 6 heteroatoms. The maximum absolute atomic E-state index is 13.8. The zero-order valence-corrected chi connectivity index (χ0v) is 12.5. The van der Waals surface area contributed by atoms with Crippen LogP contribution >= 0.6 is 27.5 Å². The average Bonchev–Trinajstić information content (AvgIpc) is 2.42. The summed E-state index contributed by atoms with van der Waals surface area (Å²) >= 11 is 8.84. The van der Waals surface area contributed by atoms with Crippen molar-refractivity contribution in [3.05, 3.63) is 34.4 Å². The van der Waals surface area contributed by atoms with Gasteiger partial charge in [-0.2, -0.15) is 0 Å². The monoisotopic (exact) mass is 351 g/mol. The number of amides is 1. The Hall–Kier alpha value is -0.680. The molecule has 1 amide bonds. The van der Waals surface area contributed by atoms with Crippen LogP contribution in [-0.2, 0) is 0 Å². The molecule has 0 bridgehead atoms. The van der Waals surface area contributed by atoms with Gasteiger partial charge in [0.05, 0.1) is 10.6 Å². The van der Waals surface area contributed by atoms with Crippen LogP contribution in [0.15, 0.2) is 12.1 Å². The number of hydrogen-bond donors (Lipinski definition) is 0. The number of benzene rings is 1. The summed E-state index contributed by atoms with van der Waals surface area (Å²) in [5, 5.41) is 0.320. The van der Waals surface area contributed by atoms with Gasteiger partial charge in [-0.1, -0.05) is 27.5 Å². The molecule has 104 valence electrons. The molecular weight excluding hydrogens is 340 g/mol. The first-order chi connectivity index (χ1) is 9.04. The van der Waals surface area contributed by atoms with Gasteiger partial charge < -0.3 is 4.90 Å². The lowest BCUT2D eigenvalue weighted by atomic mass is 10.0. The molecule has 1 aromatic rings. The fraction of sp³-hybridized carbons (Fsp3) is 0.462. The molecule has 0 aromatic heterocycles. The van der Waals surface area contributed by atoms with Crippen molar-refractivity contribution < 1.29 is 13.6 Å². The largest absolute Gasteiger partial charge is 0.335 e. The molecular formula is C13H13BrClF2NO. The lowest BCUT2D eigenvalue weighted by Crippen LogP contribution is -2.45. The molecule has 1 aliphatic heterocycles. The number of piperidine rings is 1. The quantitative estimate of drug-likeness (QED) is 0.582. The molecule has 1 saturated heterocycles. The minimum Gasteiger partial charge on any atom is -0.335 e. The first kappa shape index (κ1) is 14.7. The molecule has 1 heterocycles. The van der Waals surface area contributed by atoms with Crippen molar-refractivity contribution in [3.8, 4) is 0 Å². The van der Waals surface area contributed by atoms with Crippen molar-refractivity contribution in [2.75, 3.05) is 11.9 Å². The number of alkyl halides is 1. The van der Waals surface area contributed by atoms with Gasteiger partial charge in [-0.3, -0.25) is 4.79 Å². The lowest BCUT2D eigenvalue weighted by Gasteiger charge is -2.34. The van der Waals surface area contributed by atoms with Gasteiger partial charge >= 0.3 is 0 Å². The van der Waals surface area contributed by atoms with E-state index in [0.29, 0.717) is 11.9 Å². The smallest absolute Gasteiger partial charge is 0.257 e. The first-order valence-electron chi connectivity index (χ1n) is 6.06. The van der Waals surface area contributed by atoms with E-state index in [-0.39, 0.29) is 16.6 Å². The van der Waals surface area contributed by atoms with Crippen LogP contribution in [0.5, 0.6) is 0 Å². The Balaban J connectivity index is 2.30. The molecule has 0 saturated carbocycles. The van der Waals surface area contributed by atoms with Crippen LogP contribution in [0.1, 0.15) is 29.6 Å². The standard InChI is InChI=1S/C13H13BrClF2NO/c14-7-8-3-1-2-4-18(8)13(19)9-5-12(17)10(15)6-11(9)16/h5-6,8H,1-4,7H2. The van der Waals surface area contributed by atoms with Crippen LogP contribution in [-0.4, -0.2) is 28.7 Å². The van der Waals surface area contributed by atoms with Crippen molar-refractivity contribution in [2.24, 2.45) is 0 Å². The van der Waals surface area contributed by atoms with E-state index in [9.17, 15) is 13.6 Å². The SMILES string of the molecule is O=C(c1cc(F)c(Cl)cc1F)N1CCCCC1CBr. The number of likely N-dealkylation sites (tertiary alicyclic amines) is 1. The third-order valence-corrected chi connectivity index (χ3v) is 4.34. The van der Waals surface area contributed by atoms with E-state index in [1.54, 1.807) is 4.90 Å². The molecule has 0 N–H and O–H groups in total. The summed E-state index contributed by atoms with van der Waals surface area (Å²) in [5.74, 6) is -2.04. The van der Waals surface area contributed by atoms with Gasteiger partial charge in [0.15, 0.2) is 0 Å². The molecule has 1 unspecified atom stereocenters. The predicted octanol–water partition coefficient (Wildman–Crippen LogP) is 4.01. The van der Waals surface area contributed by atoms with Crippen LogP contribution in [0.3, 0.4) is 0 Å². The molecule has 1 aliphatic rings. The summed E-state index contributed by atoms with van der Waals surface area (Å²) in [4.78, 5) is 13.9. The summed E-state index contributed by atoms with van der Waals surface area (Å²) < 4.78 is 27.1. The molecule has 2 rings (SSSR count). The summed E-state index contributed by atoms with van der Waals surface area (Å²) in [5.41, 5.74) is -0.255. The highest BCUT2D eigenvalue weighted by Gasteiger charge is 2.28. The number of carbonyl (C=O) groups is 1. The number of halogens is 4. The zero-order chi connectivity index (χ0) is 14.0. The predicted molar refractivity (Wildman–Crippen MR) is 73.8 cm³/mol. The van der Waals surface area contributed by atoms with Gasteiger partial charge in [0.1, 0.15) is 11.6 Å². The highest BCUT2D eigenvalue weighted by atomic mass is 79.9. The normalized spacial score (nSPS) is 19.6. The van der Waals surface area contributed by atoms with Crippen LogP contribution in [0.25, 0.3) is 0 Å². The van der Waals surface area contributed by atoms with Crippen molar-refractivity contribution in [3.63, 3.8) is 0 Å². The average molecular weight is 353 g/mol. The van der Waals surface area contributed by atoms with Crippen LogP contribution in [0, 0.1) is 11.6 Å². The second-order valence-electron chi connectivity index (χ2n) is 4.55. The van der Waals surface area contributed by atoms with E-state index in [4.69, 9.17) is 11.6 Å². The molecule has 1 aromatic carbocycles. The van der Waals surface area contributed by atoms with Gasteiger partial charge in [-0.25, -0.2) is 8.78 Å². The number of rotatable bonds is 2. The number of carbonyl (C=O) groups excluding carboxylic acids is 1. The summed E-state index contributed by atoms with van der Waals surface area (Å²) in [6.07, 6.45) is 2.79. The maximum atomic E-state index is 13.8. The van der Waals surface area contributed by atoms with Crippen LogP contribution in [0.2, 0.25) is 5.02 Å². The van der Waals surface area contributed by atoms with Crippen molar-refractivity contribution in [1.29, 1.82) is 0 Å². The van der Waals surface area contributed by atoms with E-state index in [2.05, 4.69) is 15.9 Å². The van der Waals surface area contributed by atoms with Gasteiger partial charge in [-0.15, -0.1) is 0 Å². The summed E-state index contributed by atoms with van der Waals surface area (Å²) in [6.45, 7) is 0.568. The molecule has 0 aliphatic carbocycles. The fourth-order valence-electron chi connectivity index (χ4n) is 2.27. The van der Waals surface area contributed by atoms with Crippen molar-refractivity contribution >= 4 is 33.4 Å². The van der Waals surface area contributed by atoms with Crippen LogP contribution < -0.4 is 0 Å². The molecule has 2 nitrogen and oxygen atoms in total. The van der Waals surface area contributed by atoms with E-state index >= 15 is 0 Å². The Labute approximate surface area is 123 Å². The molecule has 1 fully saturated rings. The van der Waals surface area contributed by atoms with Gasteiger partial charge in [0.25, 0.3) is 5.91 Å². The van der Waals surface area contributed by atoms with Gasteiger partial charge in [0, 0.05) is 17.9 Å². The molecule has 0 spiro atoms. The lowest BCUT2D eigenvalue weighted by molar-refractivity contribution is 0.0636. The van der Waals surface area contributed by atoms with Crippen molar-refractivity contribution in [2.45, 2.75) is 25.3 Å². The highest BCUT2D eigenvalue weighted by Crippen LogP contribution is 2.24. The van der Waals surface area contributed by atoms with Crippen LogP contribution in [0.4, 0.5) is 8.78 Å². The van der Waals surface area contributed by atoms with E-state index in [1.807, 2.05) is 0 Å². The Morgan fingerprint density at radius 2 is 2.11 bits per heavy atom. The van der Waals surface area contributed by atoms with Crippen molar-refractivity contribution in [1.82, 2.24) is 4.90 Å². The minimum atomic E-state index is -0.782. The van der Waals surface area contributed by atoms with E-state index < -0.39 is 17.5 Å². The minimum absolute atomic E-state index is 0.0272.